The first kappa shape index (κ1) is 78.1. The van der Waals surface area contributed by atoms with Crippen LogP contribution in [0.25, 0.3) is 46.1 Å². The van der Waals surface area contributed by atoms with Crippen LogP contribution in [0.15, 0.2) is 265 Å². The van der Waals surface area contributed by atoms with Crippen LogP contribution in [0, 0.1) is 37.1 Å². The molecule has 0 bridgehead atoms. The summed E-state index contributed by atoms with van der Waals surface area (Å²) in [5, 5.41) is 0. The van der Waals surface area contributed by atoms with Crippen LogP contribution in [0.3, 0.4) is 0 Å². The number of rotatable bonds is 32. The molecule has 0 fully saturated rings. The van der Waals surface area contributed by atoms with Crippen LogP contribution in [0.4, 0.5) is 17.6 Å². The third-order valence-electron chi connectivity index (χ3n) is 19.3. The first-order chi connectivity index (χ1) is 52.7. The second-order valence-electron chi connectivity index (χ2n) is 27.8. The summed E-state index contributed by atoms with van der Waals surface area (Å²) in [4.78, 5) is 26.2. The first-order valence-corrected chi connectivity index (χ1v) is 38.4. The monoisotopic (exact) mass is 1450 g/mol. The molecule has 8 aromatic rings. The topological polar surface area (TPSA) is 89.5 Å². The number of hydrogen-bond donors (Lipinski definition) is 0. The molecule has 4 aliphatic heterocycles. The number of esters is 2. The summed E-state index contributed by atoms with van der Waals surface area (Å²) in [6.07, 6.45) is 40.1. The SMILES string of the molecule is CCCCCCCCCCCCOC(=O)c1ccc(C2=CC(=C3C=C(c4ccc(C)cc4)OC(c4ccc(C)cc4)=C3)C=C(c3ccc(C(=O)OCCCCCCCCCCCC)cc3)O2)cc1.Fc1ccc(C2=CC(=C3C=C(c4ccc(F)cc4)OC(c4ccc(F)cc4)=C3)C=C(c3ccc(F)cc3)O2)cc1. The number of benzene rings is 8. The molecule has 0 amide bonds. The zero-order valence-electron chi connectivity index (χ0n) is 62.4. The van der Waals surface area contributed by atoms with Gasteiger partial charge in [-0.2, -0.15) is 0 Å². The van der Waals surface area contributed by atoms with Crippen molar-refractivity contribution in [2.75, 3.05) is 13.2 Å². The van der Waals surface area contributed by atoms with E-state index in [4.69, 9.17) is 28.4 Å². The van der Waals surface area contributed by atoms with Crippen LogP contribution in [0.2, 0.25) is 0 Å². The maximum absolute atomic E-state index is 13.7. The average Bonchev–Trinajstić information content (AvgIpc) is 0.787. The second kappa shape index (κ2) is 40.1. The van der Waals surface area contributed by atoms with Crippen molar-refractivity contribution in [3.8, 4) is 0 Å². The molecule has 12 heteroatoms. The van der Waals surface area contributed by atoms with Crippen molar-refractivity contribution in [1.82, 2.24) is 0 Å². The molecule has 12 rings (SSSR count). The molecule has 8 nitrogen and oxygen atoms in total. The molecular formula is C96H96F4O8. The highest BCUT2D eigenvalue weighted by molar-refractivity contribution is 5.92. The second-order valence-corrected chi connectivity index (χ2v) is 27.8. The minimum Gasteiger partial charge on any atom is -0.462 e. The van der Waals surface area contributed by atoms with Gasteiger partial charge in [-0.25, -0.2) is 27.2 Å². The number of carbonyl (C=O) groups excluding carboxylic acids is 2. The Morgan fingerprint density at radius 2 is 0.426 bits per heavy atom. The molecule has 0 N–H and O–H groups in total. The van der Waals surface area contributed by atoms with E-state index in [0.29, 0.717) is 81.1 Å². The van der Waals surface area contributed by atoms with E-state index in [2.05, 4.69) is 88.4 Å². The quantitative estimate of drug-likeness (QED) is 0.0234. The highest BCUT2D eigenvalue weighted by atomic mass is 19.1. The molecular weight excluding hydrogens is 1360 g/mol. The summed E-state index contributed by atoms with van der Waals surface area (Å²) in [5.41, 5.74) is 12.8. The number of hydrogen-bond acceptors (Lipinski definition) is 8. The maximum Gasteiger partial charge on any atom is 0.338 e. The predicted octanol–water partition coefficient (Wildman–Crippen LogP) is 26.3. The summed E-state index contributed by atoms with van der Waals surface area (Å²) in [5.74, 6) is 2.42. The van der Waals surface area contributed by atoms with Crippen LogP contribution < -0.4 is 0 Å². The number of carbonyl (C=O) groups is 2. The van der Waals surface area contributed by atoms with Gasteiger partial charge in [0.25, 0.3) is 0 Å². The van der Waals surface area contributed by atoms with Gasteiger partial charge in [0.2, 0.25) is 0 Å². The fourth-order valence-electron chi connectivity index (χ4n) is 12.9. The smallest absolute Gasteiger partial charge is 0.338 e. The third kappa shape index (κ3) is 23.0. The van der Waals surface area contributed by atoms with Gasteiger partial charge in [0.1, 0.15) is 69.3 Å². The number of unbranched alkanes of at least 4 members (excludes halogenated alkanes) is 18. The highest BCUT2D eigenvalue weighted by Gasteiger charge is 2.25. The van der Waals surface area contributed by atoms with E-state index in [9.17, 15) is 27.2 Å². The van der Waals surface area contributed by atoms with E-state index >= 15 is 0 Å². The Labute approximate surface area is 634 Å². The van der Waals surface area contributed by atoms with Crippen LogP contribution in [0.5, 0.6) is 0 Å². The Hall–Kier alpha value is -11.0. The first-order valence-electron chi connectivity index (χ1n) is 38.4. The Bertz CT molecular complexity index is 4240. The van der Waals surface area contributed by atoms with Gasteiger partial charge in [-0.05, 0) is 219 Å². The number of aryl methyl sites for hydroxylation is 2. The predicted molar refractivity (Wildman–Crippen MR) is 427 cm³/mol. The molecule has 0 unspecified atom stereocenters. The Kier molecular flexibility index (Phi) is 29.0. The number of allylic oxidation sites excluding steroid dienone is 12. The van der Waals surface area contributed by atoms with E-state index in [0.717, 1.165) is 81.7 Å². The van der Waals surface area contributed by atoms with Crippen molar-refractivity contribution in [3.63, 3.8) is 0 Å². The van der Waals surface area contributed by atoms with Gasteiger partial charge in [-0.15, -0.1) is 0 Å². The summed E-state index contributed by atoms with van der Waals surface area (Å²) in [7, 11) is 0. The molecule has 0 aliphatic carbocycles. The van der Waals surface area contributed by atoms with Gasteiger partial charge < -0.3 is 28.4 Å². The zero-order chi connectivity index (χ0) is 75.4. The molecule has 0 spiro atoms. The molecule has 0 saturated carbocycles. The fraction of sp³-hybridized carbons (Fsp3) is 0.271. The lowest BCUT2D eigenvalue weighted by molar-refractivity contribution is 0.0488. The van der Waals surface area contributed by atoms with Crippen molar-refractivity contribution in [2.24, 2.45) is 0 Å². The summed E-state index contributed by atoms with van der Waals surface area (Å²) in [6.45, 7) is 9.51. The van der Waals surface area contributed by atoms with Gasteiger partial charge in [0, 0.05) is 44.5 Å². The minimum absolute atomic E-state index is 0.318. The van der Waals surface area contributed by atoms with Gasteiger partial charge in [-0.1, -0.05) is 213 Å². The van der Waals surface area contributed by atoms with Crippen molar-refractivity contribution in [2.45, 2.75) is 156 Å². The molecule has 4 heterocycles. The van der Waals surface area contributed by atoms with E-state index in [1.165, 1.54) is 162 Å². The molecule has 8 aromatic carbocycles. The average molecular weight is 1450 g/mol. The molecule has 556 valence electrons. The van der Waals surface area contributed by atoms with Crippen LogP contribution in [-0.4, -0.2) is 25.2 Å². The summed E-state index contributed by atoms with van der Waals surface area (Å²) in [6, 6.07) is 55.2. The largest absolute Gasteiger partial charge is 0.462 e. The normalized spacial score (nSPS) is 14.0. The summed E-state index contributed by atoms with van der Waals surface area (Å²) >= 11 is 0. The van der Waals surface area contributed by atoms with Gasteiger partial charge in [0.05, 0.1) is 24.3 Å². The zero-order valence-corrected chi connectivity index (χ0v) is 62.4. The maximum atomic E-state index is 13.7. The Morgan fingerprint density at radius 3 is 0.630 bits per heavy atom. The lowest BCUT2D eigenvalue weighted by Gasteiger charge is -2.23. The molecule has 108 heavy (non-hydrogen) atoms. The van der Waals surface area contributed by atoms with Gasteiger partial charge >= 0.3 is 11.9 Å². The lowest BCUT2D eigenvalue weighted by Crippen LogP contribution is -2.08. The highest BCUT2D eigenvalue weighted by Crippen LogP contribution is 2.41. The Morgan fingerprint density at radius 1 is 0.250 bits per heavy atom. The van der Waals surface area contributed by atoms with E-state index in [1.54, 1.807) is 72.8 Å². The summed E-state index contributed by atoms with van der Waals surface area (Å²) < 4.78 is 91.8. The Balaban J connectivity index is 0.000000245. The van der Waals surface area contributed by atoms with Crippen molar-refractivity contribution >= 4 is 58.0 Å². The van der Waals surface area contributed by atoms with Crippen LogP contribution in [0.1, 0.15) is 219 Å². The van der Waals surface area contributed by atoms with Crippen molar-refractivity contribution in [3.05, 3.63) is 355 Å². The molecule has 0 radical (unpaired) electrons. The molecule has 0 atom stereocenters. The van der Waals surface area contributed by atoms with E-state index < -0.39 is 0 Å². The van der Waals surface area contributed by atoms with Crippen LogP contribution in [-0.2, 0) is 28.4 Å². The standard InChI is InChI=1S/C62H76O6.C34H20F4O2/c1-5-7-9-11-13-15-17-19-21-23-41-65-61(63)53-37-33-51(34-38-53)59-45-56(55-43-57(49-29-25-47(3)26-30-49)67-58(44-55)50-31-27-48(4)28-32-50)46-60(68-59)52-35-39-54(40-36-52)62(64)66-42-24-22-20-18-16-14-12-10-8-6-2;35-27-9-1-21(2-10-27)31-17-25(18-32(39-31)22-3-11-28(36)12-4-22)26-19-33(23-5-13-29(37)14-6-23)40-34(20-26)24-7-15-30(38)16-8-24/h25-40,43-46H,5-24,41-42H2,1-4H3;1-20H. The van der Waals surface area contributed by atoms with Crippen molar-refractivity contribution < 1.29 is 55.6 Å². The number of halogens is 4. The van der Waals surface area contributed by atoms with Crippen LogP contribution >= 0.6 is 0 Å². The minimum atomic E-state index is -0.379. The molecule has 0 aromatic heterocycles. The van der Waals surface area contributed by atoms with Gasteiger partial charge in [0.15, 0.2) is 0 Å². The van der Waals surface area contributed by atoms with Gasteiger partial charge in [-0.3, -0.25) is 0 Å². The molecule has 4 aliphatic rings. The fourth-order valence-corrected chi connectivity index (χ4v) is 12.9. The number of ether oxygens (including phenoxy) is 6. The third-order valence-corrected chi connectivity index (χ3v) is 19.3. The lowest BCUT2D eigenvalue weighted by atomic mass is 9.96. The van der Waals surface area contributed by atoms with Crippen molar-refractivity contribution in [1.29, 1.82) is 0 Å². The van der Waals surface area contributed by atoms with E-state index in [-0.39, 0.29) is 35.2 Å². The molecule has 0 saturated heterocycles. The van der Waals surface area contributed by atoms with E-state index in [1.807, 2.05) is 60.7 Å².